The average Bonchev–Trinajstić information content (AvgIpc) is 2.35. The van der Waals surface area contributed by atoms with Gasteiger partial charge in [0.25, 0.3) is 0 Å². The predicted octanol–water partition coefficient (Wildman–Crippen LogP) is 1.92. The van der Waals surface area contributed by atoms with Crippen molar-refractivity contribution < 1.29 is 4.28 Å². The van der Waals surface area contributed by atoms with Gasteiger partial charge in [-0.15, -0.1) is 0 Å². The van der Waals surface area contributed by atoms with Gasteiger partial charge in [-0.05, 0) is 29.2 Å². The van der Waals surface area contributed by atoms with E-state index in [9.17, 15) is 0 Å². The Balaban J connectivity index is 2.44. The van der Waals surface area contributed by atoms with E-state index in [1.807, 2.05) is 6.92 Å². The van der Waals surface area contributed by atoms with Crippen molar-refractivity contribution in [1.29, 1.82) is 0 Å². The van der Waals surface area contributed by atoms with Crippen molar-refractivity contribution in [2.24, 2.45) is 5.16 Å². The molecule has 0 amide bonds. The van der Waals surface area contributed by atoms with Crippen LogP contribution in [-0.2, 0) is 4.28 Å². The number of rotatable bonds is 0. The molecule has 2 heterocycles. The number of nitrogens with zero attached hydrogens (tertiary/aromatic N) is 1. The molecule has 0 saturated carbocycles. The van der Waals surface area contributed by atoms with Gasteiger partial charge in [0.15, 0.2) is 0 Å². The predicted molar refractivity (Wildman–Crippen MR) is 43.5 cm³/mol. The van der Waals surface area contributed by atoms with Gasteiger partial charge in [0.1, 0.15) is 0 Å². The van der Waals surface area contributed by atoms with Crippen molar-refractivity contribution >= 4 is 31.2 Å². The molecule has 0 aromatic rings. The molecule has 4 heteroatoms. The molecule has 2 rings (SSSR count). The second-order valence-corrected chi connectivity index (χ2v) is 4.76. The minimum atomic E-state index is -0.0795. The molecule has 0 spiro atoms. The topological polar surface area (TPSA) is 21.6 Å². The Kier molecular flexibility index (Phi) is 1.16. The van der Waals surface area contributed by atoms with Crippen molar-refractivity contribution in [1.82, 2.24) is 0 Å². The van der Waals surface area contributed by atoms with Gasteiger partial charge in [-0.3, -0.25) is 0 Å². The molecule has 0 aromatic carbocycles. The van der Waals surface area contributed by atoms with Crippen LogP contribution in [-0.4, -0.2) is 10.6 Å². The molecule has 1 unspecified atom stereocenters. The first kappa shape index (κ1) is 5.56. The molecule has 0 radical (unpaired) electrons. The second-order valence-electron chi connectivity index (χ2n) is 1.75. The van der Waals surface area contributed by atoms with Gasteiger partial charge in [-0.25, -0.2) is 0 Å². The van der Waals surface area contributed by atoms with Crippen molar-refractivity contribution in [2.75, 3.05) is 0 Å². The lowest BCUT2D eigenvalue weighted by Crippen LogP contribution is -1.99. The van der Waals surface area contributed by atoms with Crippen LogP contribution in [0.5, 0.6) is 0 Å². The third-order valence-corrected chi connectivity index (χ3v) is 4.14. The van der Waals surface area contributed by atoms with Crippen LogP contribution < -0.4 is 0 Å². The van der Waals surface area contributed by atoms with Crippen LogP contribution in [0, 0.1) is 0 Å². The maximum absolute atomic E-state index is 5.07. The smallest absolute Gasteiger partial charge is 0.0977 e. The van der Waals surface area contributed by atoms with Crippen molar-refractivity contribution in [3.05, 3.63) is 11.5 Å². The Labute approximate surface area is 59.5 Å². The Morgan fingerprint density at radius 1 is 1.78 bits per heavy atom. The fourth-order valence-electron chi connectivity index (χ4n) is 0.681. The van der Waals surface area contributed by atoms with Crippen molar-refractivity contribution in [3.63, 3.8) is 0 Å². The van der Waals surface area contributed by atoms with E-state index in [0.29, 0.717) is 0 Å². The number of oxime groups is 1. The van der Waals surface area contributed by atoms with Gasteiger partial charge >= 0.3 is 0 Å². The van der Waals surface area contributed by atoms with E-state index in [1.54, 1.807) is 10.8 Å². The maximum Gasteiger partial charge on any atom is 0.0977 e. The van der Waals surface area contributed by atoms with Gasteiger partial charge in [0.2, 0.25) is 0 Å². The summed E-state index contributed by atoms with van der Waals surface area (Å²) >= 11 is 0. The fraction of sp³-hybridized carbons (Fsp3) is 0.200. The molecule has 2 aliphatic rings. The van der Waals surface area contributed by atoms with Gasteiger partial charge in [-0.1, -0.05) is 5.16 Å². The first-order valence-electron chi connectivity index (χ1n) is 2.55. The van der Waals surface area contributed by atoms with Crippen LogP contribution >= 0.6 is 20.6 Å². The number of hydrogen-bond donors (Lipinski definition) is 0. The number of hydrogen-bond acceptors (Lipinski definition) is 3. The van der Waals surface area contributed by atoms with Gasteiger partial charge in [0, 0.05) is 0 Å². The largest absolute Gasteiger partial charge is 0.319 e. The molecular formula is C5H5NOS2. The molecule has 0 aliphatic carbocycles. The molecule has 0 aromatic heterocycles. The summed E-state index contributed by atoms with van der Waals surface area (Å²) < 4.78 is 5.07. The Morgan fingerprint density at radius 3 is 3.44 bits per heavy atom. The lowest BCUT2D eigenvalue weighted by Gasteiger charge is -1.89. The molecule has 0 fully saturated rings. The highest BCUT2D eigenvalue weighted by molar-refractivity contribution is 8.84. The molecule has 0 N–H and O–H groups in total. The molecule has 2 nitrogen and oxygen atoms in total. The lowest BCUT2D eigenvalue weighted by molar-refractivity contribution is 0.414. The summed E-state index contributed by atoms with van der Waals surface area (Å²) in [5.74, 6) is 0. The Morgan fingerprint density at radius 2 is 2.67 bits per heavy atom. The molecule has 48 valence electrons. The summed E-state index contributed by atoms with van der Waals surface area (Å²) in [6, 6.07) is 0. The van der Waals surface area contributed by atoms with Crippen LogP contribution in [0.15, 0.2) is 16.6 Å². The Hall–Kier alpha value is -0.220. The minimum Gasteiger partial charge on any atom is -0.319 e. The van der Waals surface area contributed by atoms with E-state index in [2.05, 4.69) is 16.6 Å². The van der Waals surface area contributed by atoms with Crippen LogP contribution in [0.25, 0.3) is 0 Å². The molecule has 0 saturated heterocycles. The van der Waals surface area contributed by atoms with E-state index in [0.717, 1.165) is 5.71 Å². The molecule has 1 atom stereocenters. The SMILES string of the molecule is CC1=NOS2=C1C=CS2. The van der Waals surface area contributed by atoms with Crippen LogP contribution in [0.3, 0.4) is 0 Å². The summed E-state index contributed by atoms with van der Waals surface area (Å²) in [5.41, 5.74) is 1.03. The highest BCUT2D eigenvalue weighted by Gasteiger charge is 2.18. The summed E-state index contributed by atoms with van der Waals surface area (Å²) in [6.07, 6.45) is 2.07. The molecule has 9 heavy (non-hydrogen) atoms. The first-order valence-corrected chi connectivity index (χ1v) is 5.10. The minimum absolute atomic E-state index is 0.0795. The van der Waals surface area contributed by atoms with Crippen molar-refractivity contribution in [3.8, 4) is 0 Å². The lowest BCUT2D eigenvalue weighted by atomic mass is 10.3. The third-order valence-electron chi connectivity index (χ3n) is 1.14. The quantitative estimate of drug-likeness (QED) is 0.398. The highest BCUT2D eigenvalue weighted by atomic mass is 33.1. The monoisotopic (exact) mass is 159 g/mol. The van der Waals surface area contributed by atoms with Gasteiger partial charge < -0.3 is 4.28 Å². The van der Waals surface area contributed by atoms with E-state index in [4.69, 9.17) is 4.28 Å². The van der Waals surface area contributed by atoms with Gasteiger partial charge in [0.05, 0.1) is 20.4 Å². The summed E-state index contributed by atoms with van der Waals surface area (Å²) in [4.78, 5) is 1.25. The molecular weight excluding hydrogens is 154 g/mol. The zero-order chi connectivity index (χ0) is 6.27. The summed E-state index contributed by atoms with van der Waals surface area (Å²) in [6.45, 7) is 1.97. The molecule has 0 bridgehead atoms. The zero-order valence-corrected chi connectivity index (χ0v) is 6.46. The highest BCUT2D eigenvalue weighted by Crippen LogP contribution is 2.42. The summed E-state index contributed by atoms with van der Waals surface area (Å²) in [7, 11) is 1.61. The standard InChI is InChI=1S/C5H5NOS2/c1-4-5-2-3-8-9(5)7-6-4/h2-3H,1H3. The van der Waals surface area contributed by atoms with Crippen LogP contribution in [0.4, 0.5) is 0 Å². The van der Waals surface area contributed by atoms with Gasteiger partial charge in [-0.2, -0.15) is 0 Å². The Bertz CT molecular complexity index is 241. The normalized spacial score (nSPS) is 30.1. The van der Waals surface area contributed by atoms with Crippen LogP contribution in [0.2, 0.25) is 0 Å². The zero-order valence-electron chi connectivity index (χ0n) is 4.83. The van der Waals surface area contributed by atoms with Crippen molar-refractivity contribution in [2.45, 2.75) is 6.92 Å². The fourth-order valence-corrected chi connectivity index (χ4v) is 3.42. The van der Waals surface area contributed by atoms with Crippen LogP contribution in [0.1, 0.15) is 6.92 Å². The average molecular weight is 159 g/mol. The maximum atomic E-state index is 5.07. The first-order chi connectivity index (χ1) is 4.38. The van der Waals surface area contributed by atoms with E-state index < -0.39 is 0 Å². The van der Waals surface area contributed by atoms with E-state index in [1.165, 1.54) is 4.86 Å². The second kappa shape index (κ2) is 1.88. The number of allylic oxidation sites excluding steroid dienone is 1. The third kappa shape index (κ3) is 0.737. The van der Waals surface area contributed by atoms with E-state index in [-0.39, 0.29) is 9.80 Å². The summed E-state index contributed by atoms with van der Waals surface area (Å²) in [5, 5.41) is 5.89. The molecule has 2 aliphatic heterocycles. The van der Waals surface area contributed by atoms with E-state index >= 15 is 0 Å².